The van der Waals surface area contributed by atoms with E-state index in [9.17, 15) is 9.59 Å². The van der Waals surface area contributed by atoms with Crippen molar-refractivity contribution in [1.29, 1.82) is 0 Å². The van der Waals surface area contributed by atoms with Crippen molar-refractivity contribution in [2.24, 2.45) is 5.92 Å². The zero-order chi connectivity index (χ0) is 16.4. The first-order valence-electron chi connectivity index (χ1n) is 7.89. The molecule has 0 unspecified atom stereocenters. The van der Waals surface area contributed by atoms with Crippen LogP contribution in [-0.2, 0) is 11.3 Å². The fraction of sp³-hybridized carbons (Fsp3) is 0.688. The van der Waals surface area contributed by atoms with Gasteiger partial charge < -0.3 is 14.4 Å². The summed E-state index contributed by atoms with van der Waals surface area (Å²) in [4.78, 5) is 32.3. The molecule has 1 aliphatic heterocycles. The van der Waals surface area contributed by atoms with Crippen molar-refractivity contribution in [3.63, 3.8) is 0 Å². The molecular formula is C16H26N4O2. The van der Waals surface area contributed by atoms with Crippen LogP contribution in [0.25, 0.3) is 0 Å². The van der Waals surface area contributed by atoms with Gasteiger partial charge in [0.1, 0.15) is 11.5 Å². The maximum Gasteiger partial charge on any atom is 0.273 e. The van der Waals surface area contributed by atoms with E-state index in [-0.39, 0.29) is 17.9 Å². The van der Waals surface area contributed by atoms with Crippen LogP contribution in [0.3, 0.4) is 0 Å². The third-order valence-corrected chi connectivity index (χ3v) is 4.11. The van der Waals surface area contributed by atoms with Gasteiger partial charge in [-0.25, -0.2) is 4.98 Å². The number of nitrogens with zero attached hydrogens (tertiary/aromatic N) is 4. The van der Waals surface area contributed by atoms with E-state index in [4.69, 9.17) is 0 Å². The Labute approximate surface area is 132 Å². The fourth-order valence-corrected chi connectivity index (χ4v) is 2.72. The summed E-state index contributed by atoms with van der Waals surface area (Å²) in [7, 11) is 3.43. The smallest absolute Gasteiger partial charge is 0.273 e. The molecule has 1 aromatic rings. The summed E-state index contributed by atoms with van der Waals surface area (Å²) in [5.41, 5.74) is 0.448. The maximum atomic E-state index is 12.4. The monoisotopic (exact) mass is 306 g/mol. The van der Waals surface area contributed by atoms with E-state index >= 15 is 0 Å². The van der Waals surface area contributed by atoms with Crippen LogP contribution < -0.4 is 0 Å². The molecule has 0 saturated carbocycles. The van der Waals surface area contributed by atoms with Crippen molar-refractivity contribution >= 4 is 11.8 Å². The Balaban J connectivity index is 2.14. The van der Waals surface area contributed by atoms with E-state index in [1.165, 1.54) is 4.90 Å². The van der Waals surface area contributed by atoms with E-state index in [1.54, 1.807) is 20.3 Å². The molecule has 22 heavy (non-hydrogen) atoms. The molecule has 2 rings (SSSR count). The molecule has 6 heteroatoms. The quantitative estimate of drug-likeness (QED) is 0.854. The molecule has 0 bridgehead atoms. The van der Waals surface area contributed by atoms with Crippen LogP contribution in [-0.4, -0.2) is 51.8 Å². The van der Waals surface area contributed by atoms with Crippen LogP contribution >= 0.6 is 0 Å². The van der Waals surface area contributed by atoms with Gasteiger partial charge in [-0.3, -0.25) is 9.59 Å². The molecule has 0 aliphatic carbocycles. The number of amides is 2. The third kappa shape index (κ3) is 3.31. The number of fused-ring (bicyclic) bond motifs is 1. The predicted molar refractivity (Wildman–Crippen MR) is 84.4 cm³/mol. The van der Waals surface area contributed by atoms with E-state index in [0.29, 0.717) is 31.1 Å². The summed E-state index contributed by atoms with van der Waals surface area (Å²) >= 11 is 0. The molecule has 1 aliphatic rings. The first-order valence-corrected chi connectivity index (χ1v) is 7.89. The largest absolute Gasteiger partial charge is 0.343 e. The van der Waals surface area contributed by atoms with Crippen LogP contribution in [0.15, 0.2) is 6.20 Å². The van der Waals surface area contributed by atoms with Gasteiger partial charge in [-0.05, 0) is 19.3 Å². The highest BCUT2D eigenvalue weighted by atomic mass is 16.2. The number of hydrogen-bond acceptors (Lipinski definition) is 3. The predicted octanol–water partition coefficient (Wildman–Crippen LogP) is 1.92. The van der Waals surface area contributed by atoms with Crippen LogP contribution in [0.1, 0.15) is 56.0 Å². The Morgan fingerprint density at radius 2 is 2.05 bits per heavy atom. The number of hydrogen-bond donors (Lipinski definition) is 0. The van der Waals surface area contributed by atoms with Crippen molar-refractivity contribution in [3.8, 4) is 0 Å². The SMILES string of the molecule is CC(C)CCC(=O)N1CCn2cc(C(=O)N(C)C)nc2[C@H]1C. The third-order valence-electron chi connectivity index (χ3n) is 4.11. The number of carbonyl (C=O) groups excluding carboxylic acids is 2. The normalized spacial score (nSPS) is 17.5. The van der Waals surface area contributed by atoms with Crippen LogP contribution in [0, 0.1) is 5.92 Å². The highest BCUT2D eigenvalue weighted by molar-refractivity contribution is 5.91. The molecule has 0 N–H and O–H groups in total. The molecule has 122 valence electrons. The molecule has 2 amide bonds. The lowest BCUT2D eigenvalue weighted by molar-refractivity contribution is -0.134. The van der Waals surface area contributed by atoms with E-state index in [2.05, 4.69) is 18.8 Å². The van der Waals surface area contributed by atoms with Gasteiger partial charge in [0, 0.05) is 39.8 Å². The highest BCUT2D eigenvalue weighted by Gasteiger charge is 2.30. The Morgan fingerprint density at radius 1 is 1.36 bits per heavy atom. The van der Waals surface area contributed by atoms with Gasteiger partial charge in [0.2, 0.25) is 5.91 Å². The second-order valence-electron chi connectivity index (χ2n) is 6.57. The van der Waals surface area contributed by atoms with E-state index in [1.807, 2.05) is 16.4 Å². The first kappa shape index (κ1) is 16.5. The average molecular weight is 306 g/mol. The van der Waals surface area contributed by atoms with Crippen LogP contribution in [0.4, 0.5) is 0 Å². The van der Waals surface area contributed by atoms with Gasteiger partial charge in [-0.1, -0.05) is 13.8 Å². The zero-order valence-electron chi connectivity index (χ0n) is 14.2. The number of imidazole rings is 1. The van der Waals surface area contributed by atoms with Gasteiger partial charge in [-0.15, -0.1) is 0 Å². The number of rotatable bonds is 4. The van der Waals surface area contributed by atoms with Crippen molar-refractivity contribution in [2.75, 3.05) is 20.6 Å². The number of carbonyl (C=O) groups is 2. The van der Waals surface area contributed by atoms with Gasteiger partial charge in [0.25, 0.3) is 5.91 Å². The molecule has 0 spiro atoms. The summed E-state index contributed by atoms with van der Waals surface area (Å²) in [6.45, 7) is 7.60. The Bertz CT molecular complexity index is 562. The summed E-state index contributed by atoms with van der Waals surface area (Å²) in [6, 6.07) is -0.0860. The van der Waals surface area contributed by atoms with Crippen LogP contribution in [0.5, 0.6) is 0 Å². The second kappa shape index (κ2) is 6.50. The Kier molecular flexibility index (Phi) is 4.88. The van der Waals surface area contributed by atoms with Gasteiger partial charge in [0.15, 0.2) is 0 Å². The van der Waals surface area contributed by atoms with Crippen molar-refractivity contribution in [2.45, 2.75) is 46.2 Å². The van der Waals surface area contributed by atoms with Crippen molar-refractivity contribution in [1.82, 2.24) is 19.4 Å². The maximum absolute atomic E-state index is 12.4. The van der Waals surface area contributed by atoms with Gasteiger partial charge >= 0.3 is 0 Å². The summed E-state index contributed by atoms with van der Waals surface area (Å²) in [5.74, 6) is 1.40. The molecular weight excluding hydrogens is 280 g/mol. The van der Waals surface area contributed by atoms with E-state index < -0.39 is 0 Å². The molecule has 2 heterocycles. The van der Waals surface area contributed by atoms with Crippen molar-refractivity contribution < 1.29 is 9.59 Å². The second-order valence-corrected chi connectivity index (χ2v) is 6.57. The highest BCUT2D eigenvalue weighted by Crippen LogP contribution is 2.26. The molecule has 0 saturated heterocycles. The molecule has 1 atom stereocenters. The Hall–Kier alpha value is -1.85. The van der Waals surface area contributed by atoms with E-state index in [0.717, 1.165) is 12.2 Å². The summed E-state index contributed by atoms with van der Waals surface area (Å²) in [5, 5.41) is 0. The lowest BCUT2D eigenvalue weighted by atomic mass is 10.1. The number of aromatic nitrogens is 2. The average Bonchev–Trinajstić information content (AvgIpc) is 2.89. The minimum absolute atomic E-state index is 0.0860. The standard InChI is InChI=1S/C16H26N4O2/c1-11(2)6-7-14(21)20-9-8-19-10-13(16(22)18(4)5)17-15(19)12(20)3/h10-12H,6-9H2,1-5H3/t12-/m1/s1. The summed E-state index contributed by atoms with van der Waals surface area (Å²) < 4.78 is 1.99. The Morgan fingerprint density at radius 3 is 2.64 bits per heavy atom. The fourth-order valence-electron chi connectivity index (χ4n) is 2.72. The molecule has 1 aromatic heterocycles. The lowest BCUT2D eigenvalue weighted by Crippen LogP contribution is -2.41. The summed E-state index contributed by atoms with van der Waals surface area (Å²) in [6.07, 6.45) is 3.27. The molecule has 0 radical (unpaired) electrons. The lowest BCUT2D eigenvalue weighted by Gasteiger charge is -2.34. The molecule has 6 nitrogen and oxygen atoms in total. The zero-order valence-corrected chi connectivity index (χ0v) is 14.2. The molecule has 0 aromatic carbocycles. The molecule has 0 fully saturated rings. The van der Waals surface area contributed by atoms with Gasteiger partial charge in [0.05, 0.1) is 6.04 Å². The van der Waals surface area contributed by atoms with Crippen molar-refractivity contribution in [3.05, 3.63) is 17.7 Å². The van der Waals surface area contributed by atoms with Crippen LogP contribution in [0.2, 0.25) is 0 Å². The minimum Gasteiger partial charge on any atom is -0.343 e. The van der Waals surface area contributed by atoms with Gasteiger partial charge in [-0.2, -0.15) is 0 Å². The minimum atomic E-state index is -0.105. The topological polar surface area (TPSA) is 58.4 Å². The first-order chi connectivity index (χ1) is 10.3.